The molecule has 5 nitrogen and oxygen atoms in total. The third kappa shape index (κ3) is 2.94. The van der Waals surface area contributed by atoms with Crippen LogP contribution in [0.2, 0.25) is 0 Å². The van der Waals surface area contributed by atoms with E-state index < -0.39 is 17.8 Å². The number of carbonyl (C=O) groups is 1. The first kappa shape index (κ1) is 18.1. The quantitative estimate of drug-likeness (QED) is 0.804. The Labute approximate surface area is 164 Å². The summed E-state index contributed by atoms with van der Waals surface area (Å²) in [4.78, 5) is 17.1. The van der Waals surface area contributed by atoms with Crippen molar-refractivity contribution in [2.45, 2.75) is 50.1 Å². The highest BCUT2D eigenvalue weighted by atomic mass is 32.1. The van der Waals surface area contributed by atoms with Crippen LogP contribution in [0.4, 0.5) is 18.3 Å². The van der Waals surface area contributed by atoms with Gasteiger partial charge in [-0.2, -0.15) is 18.3 Å². The fraction of sp³-hybridized carbons (Fsp3) is 0.632. The normalized spacial score (nSPS) is 31.4. The van der Waals surface area contributed by atoms with Crippen molar-refractivity contribution in [1.82, 2.24) is 14.8 Å². The molecular weight excluding hydrogens is 389 g/mol. The van der Waals surface area contributed by atoms with Crippen LogP contribution in [0.15, 0.2) is 11.4 Å². The SMILES string of the molecule is Cn1nc(C(F)(F)F)cc1C(=O)Nc1nc(C23CC4CC(CC(C4)C2)C3)cs1. The van der Waals surface area contributed by atoms with Gasteiger partial charge in [0.25, 0.3) is 5.91 Å². The number of hydrogen-bond acceptors (Lipinski definition) is 4. The predicted molar refractivity (Wildman–Crippen MR) is 98.1 cm³/mol. The van der Waals surface area contributed by atoms with Crippen molar-refractivity contribution in [2.24, 2.45) is 24.8 Å². The van der Waals surface area contributed by atoms with Gasteiger partial charge in [-0.25, -0.2) is 4.98 Å². The van der Waals surface area contributed by atoms with Crippen molar-refractivity contribution < 1.29 is 18.0 Å². The fourth-order valence-corrected chi connectivity index (χ4v) is 6.81. The maximum Gasteiger partial charge on any atom is 0.435 e. The summed E-state index contributed by atoms with van der Waals surface area (Å²) in [5, 5.41) is 8.50. The molecule has 0 saturated heterocycles. The van der Waals surface area contributed by atoms with Crippen molar-refractivity contribution in [3.05, 3.63) is 28.5 Å². The lowest BCUT2D eigenvalue weighted by atomic mass is 9.49. The molecule has 1 amide bonds. The number of amides is 1. The van der Waals surface area contributed by atoms with Crippen LogP contribution in [0.5, 0.6) is 0 Å². The minimum Gasteiger partial charge on any atom is -0.296 e. The highest BCUT2D eigenvalue weighted by Crippen LogP contribution is 2.60. The van der Waals surface area contributed by atoms with E-state index in [9.17, 15) is 18.0 Å². The first-order valence-electron chi connectivity index (χ1n) is 9.60. The summed E-state index contributed by atoms with van der Waals surface area (Å²) in [6.45, 7) is 0. The van der Waals surface area contributed by atoms with E-state index in [1.54, 1.807) is 0 Å². The Morgan fingerprint density at radius 2 is 1.82 bits per heavy atom. The maximum atomic E-state index is 12.8. The van der Waals surface area contributed by atoms with Gasteiger partial charge in [-0.3, -0.25) is 14.8 Å². The van der Waals surface area contributed by atoms with Crippen LogP contribution < -0.4 is 5.32 Å². The second kappa shape index (κ2) is 6.05. The second-order valence-electron chi connectivity index (χ2n) is 8.73. The Morgan fingerprint density at radius 3 is 2.36 bits per heavy atom. The smallest absolute Gasteiger partial charge is 0.296 e. The number of anilines is 1. The number of hydrogen-bond donors (Lipinski definition) is 1. The van der Waals surface area contributed by atoms with Gasteiger partial charge in [-0.1, -0.05) is 0 Å². The summed E-state index contributed by atoms with van der Waals surface area (Å²) < 4.78 is 39.4. The van der Waals surface area contributed by atoms with E-state index in [1.165, 1.54) is 56.9 Å². The molecule has 150 valence electrons. The largest absolute Gasteiger partial charge is 0.435 e. The summed E-state index contributed by atoms with van der Waals surface area (Å²) in [5.74, 6) is 1.75. The van der Waals surface area contributed by atoms with Gasteiger partial charge in [0.05, 0.1) is 5.69 Å². The van der Waals surface area contributed by atoms with E-state index in [0.29, 0.717) is 5.13 Å². The Hall–Kier alpha value is -1.90. The summed E-state index contributed by atoms with van der Waals surface area (Å²) >= 11 is 1.34. The van der Waals surface area contributed by atoms with Crippen LogP contribution in [0, 0.1) is 17.8 Å². The number of thiazole rings is 1. The number of carbonyl (C=O) groups excluding carboxylic acids is 1. The van der Waals surface area contributed by atoms with Crippen LogP contribution in [-0.2, 0) is 18.6 Å². The van der Waals surface area contributed by atoms with E-state index >= 15 is 0 Å². The van der Waals surface area contributed by atoms with Crippen molar-refractivity contribution in [3.63, 3.8) is 0 Å². The van der Waals surface area contributed by atoms with E-state index in [0.717, 1.165) is 34.2 Å². The summed E-state index contributed by atoms with van der Waals surface area (Å²) in [7, 11) is 1.33. The van der Waals surface area contributed by atoms with Crippen molar-refractivity contribution in [2.75, 3.05) is 5.32 Å². The highest BCUT2D eigenvalue weighted by Gasteiger charge is 2.52. The zero-order valence-electron chi connectivity index (χ0n) is 15.4. The zero-order chi connectivity index (χ0) is 19.7. The van der Waals surface area contributed by atoms with Gasteiger partial charge >= 0.3 is 6.18 Å². The average Bonchev–Trinajstić information content (AvgIpc) is 3.20. The topological polar surface area (TPSA) is 59.8 Å². The third-order valence-corrected chi connectivity index (χ3v) is 7.47. The molecule has 4 fully saturated rings. The van der Waals surface area contributed by atoms with Crippen LogP contribution in [-0.4, -0.2) is 20.7 Å². The van der Waals surface area contributed by atoms with Crippen LogP contribution in [0.3, 0.4) is 0 Å². The number of halogens is 3. The number of aromatic nitrogens is 3. The number of alkyl halides is 3. The summed E-state index contributed by atoms with van der Waals surface area (Å²) in [6, 6.07) is 0.767. The monoisotopic (exact) mass is 410 g/mol. The maximum absolute atomic E-state index is 12.8. The van der Waals surface area contributed by atoms with E-state index in [2.05, 4.69) is 15.4 Å². The van der Waals surface area contributed by atoms with Crippen LogP contribution in [0.1, 0.15) is 60.4 Å². The lowest BCUT2D eigenvalue weighted by Crippen LogP contribution is -2.48. The fourth-order valence-electron chi connectivity index (χ4n) is 5.98. The first-order chi connectivity index (χ1) is 13.2. The van der Waals surface area contributed by atoms with Gasteiger partial charge in [0, 0.05) is 23.9 Å². The molecule has 2 heterocycles. The molecule has 0 radical (unpaired) electrons. The molecule has 0 aromatic carbocycles. The van der Waals surface area contributed by atoms with Crippen molar-refractivity contribution >= 4 is 22.4 Å². The number of aryl methyl sites for hydroxylation is 1. The van der Waals surface area contributed by atoms with Gasteiger partial charge in [-0.05, 0) is 56.3 Å². The van der Waals surface area contributed by atoms with E-state index in [1.807, 2.05) is 5.38 Å². The molecule has 1 N–H and O–H groups in total. The molecule has 4 aliphatic carbocycles. The number of nitrogens with one attached hydrogen (secondary N) is 1. The van der Waals surface area contributed by atoms with Gasteiger partial charge in [0.2, 0.25) is 0 Å². The van der Waals surface area contributed by atoms with Crippen LogP contribution >= 0.6 is 11.3 Å². The second-order valence-corrected chi connectivity index (χ2v) is 9.58. The molecule has 0 atom stereocenters. The lowest BCUT2D eigenvalue weighted by Gasteiger charge is -2.56. The molecule has 2 aromatic rings. The van der Waals surface area contributed by atoms with Gasteiger partial charge in [0.15, 0.2) is 10.8 Å². The molecule has 0 aliphatic heterocycles. The molecule has 6 rings (SSSR count). The van der Waals surface area contributed by atoms with Gasteiger partial charge < -0.3 is 0 Å². The standard InChI is InChI=1S/C19H21F3N4OS/c1-26-13(5-14(25-26)19(20,21)22)16(27)24-17-23-15(9-28-17)18-6-10-2-11(7-18)4-12(3-10)8-18/h5,9-12H,2-4,6-8H2,1H3,(H,23,24,27). The molecule has 4 bridgehead atoms. The summed E-state index contributed by atoms with van der Waals surface area (Å²) in [6.07, 6.45) is 2.97. The minimum atomic E-state index is -4.58. The zero-order valence-corrected chi connectivity index (χ0v) is 16.2. The Balaban J connectivity index is 1.35. The number of nitrogens with zero attached hydrogens (tertiary/aromatic N) is 3. The lowest BCUT2D eigenvalue weighted by molar-refractivity contribution is -0.141. The molecule has 4 aliphatic rings. The Kier molecular flexibility index (Phi) is 3.92. The number of rotatable bonds is 3. The third-order valence-electron chi connectivity index (χ3n) is 6.71. The molecule has 4 saturated carbocycles. The van der Waals surface area contributed by atoms with Gasteiger partial charge in [0.1, 0.15) is 5.69 Å². The Bertz CT molecular complexity index is 897. The Morgan fingerprint density at radius 1 is 1.21 bits per heavy atom. The minimum absolute atomic E-state index is 0.129. The molecular formula is C19H21F3N4OS. The van der Waals surface area contributed by atoms with Crippen LogP contribution in [0.25, 0.3) is 0 Å². The highest BCUT2D eigenvalue weighted by molar-refractivity contribution is 7.14. The van der Waals surface area contributed by atoms with E-state index in [-0.39, 0.29) is 11.1 Å². The van der Waals surface area contributed by atoms with Gasteiger partial charge in [-0.15, -0.1) is 11.3 Å². The summed E-state index contributed by atoms with van der Waals surface area (Å²) in [5.41, 5.74) is -0.0372. The molecule has 28 heavy (non-hydrogen) atoms. The van der Waals surface area contributed by atoms with E-state index in [4.69, 9.17) is 0 Å². The average molecular weight is 410 g/mol. The molecule has 2 aromatic heterocycles. The van der Waals surface area contributed by atoms with Crippen molar-refractivity contribution in [3.8, 4) is 0 Å². The predicted octanol–water partition coefficient (Wildman–Crippen LogP) is 4.62. The molecule has 9 heteroatoms. The molecule has 0 unspecified atom stereocenters. The molecule has 0 spiro atoms. The van der Waals surface area contributed by atoms with Crippen molar-refractivity contribution in [1.29, 1.82) is 0 Å². The first-order valence-corrected chi connectivity index (χ1v) is 10.5.